The SMILES string of the molecule is CNC(C)(C#N)CC(C)Sc1nc(C)ns1. The Hall–Kier alpha value is -0.640. The maximum atomic E-state index is 9.06. The van der Waals surface area contributed by atoms with E-state index in [1.54, 1.807) is 11.8 Å². The number of nitrogens with one attached hydrogen (secondary N) is 1. The second kappa shape index (κ2) is 5.62. The van der Waals surface area contributed by atoms with Crippen LogP contribution in [-0.2, 0) is 0 Å². The Bertz CT molecular complexity index is 384. The van der Waals surface area contributed by atoms with Gasteiger partial charge in [0.2, 0.25) is 0 Å². The molecule has 0 spiro atoms. The van der Waals surface area contributed by atoms with Gasteiger partial charge < -0.3 is 5.32 Å². The fraction of sp³-hybridized carbons (Fsp3) is 0.700. The molecule has 1 aromatic heterocycles. The fourth-order valence-electron chi connectivity index (χ4n) is 1.32. The molecule has 0 saturated carbocycles. The lowest BCUT2D eigenvalue weighted by molar-refractivity contribution is 0.455. The van der Waals surface area contributed by atoms with Gasteiger partial charge in [0.1, 0.15) is 11.4 Å². The van der Waals surface area contributed by atoms with Gasteiger partial charge in [-0.05, 0) is 38.8 Å². The summed E-state index contributed by atoms with van der Waals surface area (Å²) in [6.45, 7) is 5.90. The largest absolute Gasteiger partial charge is 0.303 e. The Labute approximate surface area is 105 Å². The third kappa shape index (κ3) is 3.74. The number of hydrogen-bond acceptors (Lipinski definition) is 6. The summed E-state index contributed by atoms with van der Waals surface area (Å²) in [5.41, 5.74) is -0.466. The highest BCUT2D eigenvalue weighted by atomic mass is 32.2. The van der Waals surface area contributed by atoms with Crippen molar-refractivity contribution in [3.63, 3.8) is 0 Å². The van der Waals surface area contributed by atoms with Crippen molar-refractivity contribution in [2.24, 2.45) is 0 Å². The monoisotopic (exact) mass is 256 g/mol. The summed E-state index contributed by atoms with van der Waals surface area (Å²) in [7, 11) is 1.82. The van der Waals surface area contributed by atoms with Crippen molar-refractivity contribution in [2.75, 3.05) is 7.05 Å². The first-order valence-corrected chi connectivity index (χ1v) is 6.71. The van der Waals surface area contributed by atoms with E-state index < -0.39 is 5.54 Å². The van der Waals surface area contributed by atoms with Gasteiger partial charge in [-0.1, -0.05) is 18.7 Å². The molecule has 1 rings (SSSR count). The van der Waals surface area contributed by atoms with Crippen LogP contribution in [0.3, 0.4) is 0 Å². The quantitative estimate of drug-likeness (QED) is 0.818. The van der Waals surface area contributed by atoms with Crippen molar-refractivity contribution in [1.82, 2.24) is 14.7 Å². The van der Waals surface area contributed by atoms with Gasteiger partial charge in [-0.3, -0.25) is 0 Å². The highest BCUT2D eigenvalue weighted by Gasteiger charge is 2.25. The van der Waals surface area contributed by atoms with Crippen LogP contribution in [0.5, 0.6) is 0 Å². The molecule has 1 aromatic rings. The van der Waals surface area contributed by atoms with Crippen molar-refractivity contribution < 1.29 is 0 Å². The summed E-state index contributed by atoms with van der Waals surface area (Å²) >= 11 is 3.09. The van der Waals surface area contributed by atoms with E-state index in [0.717, 1.165) is 16.6 Å². The number of hydrogen-bond donors (Lipinski definition) is 1. The van der Waals surface area contributed by atoms with Crippen LogP contribution in [0.1, 0.15) is 26.1 Å². The summed E-state index contributed by atoms with van der Waals surface area (Å²) in [6.07, 6.45) is 0.781. The zero-order valence-electron chi connectivity index (χ0n) is 9.94. The van der Waals surface area contributed by atoms with Gasteiger partial charge >= 0.3 is 0 Å². The van der Waals surface area contributed by atoms with Crippen LogP contribution < -0.4 is 5.32 Å². The lowest BCUT2D eigenvalue weighted by Gasteiger charge is -2.23. The second-order valence-electron chi connectivity index (χ2n) is 3.93. The van der Waals surface area contributed by atoms with Gasteiger partial charge in [0.15, 0.2) is 4.34 Å². The molecule has 0 aliphatic heterocycles. The number of thioether (sulfide) groups is 1. The van der Waals surface area contributed by atoms with Crippen LogP contribution in [0.4, 0.5) is 0 Å². The van der Waals surface area contributed by atoms with Crippen LogP contribution in [0.2, 0.25) is 0 Å². The van der Waals surface area contributed by atoms with Gasteiger partial charge in [-0.15, -0.1) is 0 Å². The molecule has 16 heavy (non-hydrogen) atoms. The molecule has 0 aliphatic rings. The van der Waals surface area contributed by atoms with Gasteiger partial charge in [0.05, 0.1) is 6.07 Å². The van der Waals surface area contributed by atoms with E-state index in [0.29, 0.717) is 5.25 Å². The molecule has 1 N–H and O–H groups in total. The topological polar surface area (TPSA) is 61.6 Å². The van der Waals surface area contributed by atoms with Crippen molar-refractivity contribution in [3.05, 3.63) is 5.82 Å². The molecule has 0 saturated heterocycles. The van der Waals surface area contributed by atoms with Gasteiger partial charge in [0, 0.05) is 5.25 Å². The molecule has 0 radical (unpaired) electrons. The Balaban J connectivity index is 2.54. The van der Waals surface area contributed by atoms with E-state index in [-0.39, 0.29) is 0 Å². The van der Waals surface area contributed by atoms with Crippen LogP contribution in [0.25, 0.3) is 0 Å². The summed E-state index contributed by atoms with van der Waals surface area (Å²) in [5.74, 6) is 0.816. The minimum absolute atomic E-state index is 0.337. The number of rotatable bonds is 5. The smallest absolute Gasteiger partial charge is 0.170 e. The van der Waals surface area contributed by atoms with Crippen LogP contribution >= 0.6 is 23.3 Å². The molecule has 0 aliphatic carbocycles. The molecular weight excluding hydrogens is 240 g/mol. The van der Waals surface area contributed by atoms with Crippen LogP contribution in [0, 0.1) is 18.3 Å². The van der Waals surface area contributed by atoms with Gasteiger partial charge in [0.25, 0.3) is 0 Å². The molecule has 2 unspecified atom stereocenters. The molecule has 4 nitrogen and oxygen atoms in total. The van der Waals surface area contributed by atoms with E-state index in [4.69, 9.17) is 5.26 Å². The zero-order valence-corrected chi connectivity index (χ0v) is 11.6. The summed E-state index contributed by atoms with van der Waals surface area (Å²) in [4.78, 5) is 4.30. The molecule has 0 bridgehead atoms. The predicted molar refractivity (Wildman–Crippen MR) is 67.7 cm³/mol. The molecule has 0 fully saturated rings. The molecule has 0 aromatic carbocycles. The first-order chi connectivity index (χ1) is 7.49. The molecule has 0 amide bonds. The Morgan fingerprint density at radius 1 is 1.69 bits per heavy atom. The first-order valence-electron chi connectivity index (χ1n) is 5.06. The van der Waals surface area contributed by atoms with Gasteiger partial charge in [-0.25, -0.2) is 4.98 Å². The summed E-state index contributed by atoms with van der Waals surface area (Å²) in [6, 6.07) is 2.29. The molecule has 1 heterocycles. The minimum Gasteiger partial charge on any atom is -0.303 e. The van der Waals surface area contributed by atoms with E-state index >= 15 is 0 Å². The average molecular weight is 256 g/mol. The second-order valence-corrected chi connectivity index (χ2v) is 6.37. The Morgan fingerprint density at radius 2 is 2.38 bits per heavy atom. The summed E-state index contributed by atoms with van der Waals surface area (Å²) in [5, 5.41) is 12.4. The number of nitriles is 1. The number of aryl methyl sites for hydroxylation is 1. The first kappa shape index (κ1) is 13.4. The molecular formula is C10H16N4S2. The minimum atomic E-state index is -0.466. The van der Waals surface area contributed by atoms with Crippen LogP contribution in [-0.4, -0.2) is 27.2 Å². The fourth-order valence-corrected chi connectivity index (χ4v) is 3.46. The molecule has 88 valence electrons. The Kier molecular flexibility index (Phi) is 4.71. The highest BCUT2D eigenvalue weighted by Crippen LogP contribution is 2.29. The number of aromatic nitrogens is 2. The predicted octanol–water partition coefficient (Wildman–Crippen LogP) is 2.22. The lowest BCUT2D eigenvalue weighted by Crippen LogP contribution is -2.40. The van der Waals surface area contributed by atoms with E-state index in [1.165, 1.54) is 11.5 Å². The average Bonchev–Trinajstić information content (AvgIpc) is 2.63. The normalized spacial score (nSPS) is 16.4. The third-order valence-electron chi connectivity index (χ3n) is 2.31. The van der Waals surface area contributed by atoms with E-state index in [9.17, 15) is 0 Å². The third-order valence-corrected chi connectivity index (χ3v) is 4.28. The van der Waals surface area contributed by atoms with Crippen LogP contribution in [0.15, 0.2) is 4.34 Å². The standard InChI is InChI=1S/C10H16N4S2/c1-7(5-10(3,6-11)12-4)15-9-13-8(2)14-16-9/h7,12H,5H2,1-4H3. The maximum Gasteiger partial charge on any atom is 0.170 e. The Morgan fingerprint density at radius 3 is 2.81 bits per heavy atom. The zero-order chi connectivity index (χ0) is 12.2. The van der Waals surface area contributed by atoms with Crippen molar-refractivity contribution in [1.29, 1.82) is 5.26 Å². The maximum absolute atomic E-state index is 9.06. The summed E-state index contributed by atoms with van der Waals surface area (Å²) < 4.78 is 5.11. The van der Waals surface area contributed by atoms with Crippen molar-refractivity contribution in [3.8, 4) is 6.07 Å². The van der Waals surface area contributed by atoms with Crippen molar-refractivity contribution >= 4 is 23.3 Å². The lowest BCUT2D eigenvalue weighted by atomic mass is 9.98. The van der Waals surface area contributed by atoms with Crippen molar-refractivity contribution in [2.45, 2.75) is 42.3 Å². The van der Waals surface area contributed by atoms with Gasteiger partial charge in [-0.2, -0.15) is 9.64 Å². The molecule has 6 heteroatoms. The highest BCUT2D eigenvalue weighted by molar-refractivity contribution is 8.01. The van der Waals surface area contributed by atoms with E-state index in [1.807, 2.05) is 20.9 Å². The molecule has 2 atom stereocenters. The number of nitrogens with zero attached hydrogens (tertiary/aromatic N) is 3. The van der Waals surface area contributed by atoms with E-state index in [2.05, 4.69) is 27.7 Å².